The smallest absolute Gasteiger partial charge is 0.256 e. The van der Waals surface area contributed by atoms with Crippen LogP contribution in [-0.4, -0.2) is 35.1 Å². The molecule has 9 heteroatoms. The number of benzene rings is 1. The first-order valence-corrected chi connectivity index (χ1v) is 10.3. The lowest BCUT2D eigenvalue weighted by Crippen LogP contribution is -2.33. The first kappa shape index (κ1) is 19.8. The second kappa shape index (κ2) is 7.72. The number of fused-ring (bicyclic) bond motifs is 1. The third kappa shape index (κ3) is 3.46. The predicted octanol–water partition coefficient (Wildman–Crippen LogP) is 2.43. The number of amides is 4. The van der Waals surface area contributed by atoms with Gasteiger partial charge in [0.25, 0.3) is 5.91 Å². The molecule has 0 saturated carbocycles. The summed E-state index contributed by atoms with van der Waals surface area (Å²) >= 11 is 1.29. The molecule has 1 aromatic carbocycles. The number of carbonyl (C=O) groups excluding carboxylic acids is 4. The van der Waals surface area contributed by atoms with Crippen LogP contribution in [0.3, 0.4) is 0 Å². The molecule has 0 aliphatic carbocycles. The third-order valence-electron chi connectivity index (χ3n) is 5.26. The van der Waals surface area contributed by atoms with Gasteiger partial charge in [0.1, 0.15) is 11.1 Å². The normalized spacial score (nSPS) is 15.7. The second-order valence-corrected chi connectivity index (χ2v) is 8.24. The molecule has 1 aromatic heterocycles. The van der Waals surface area contributed by atoms with Gasteiger partial charge in [0.15, 0.2) is 0 Å². The van der Waals surface area contributed by atoms with Gasteiger partial charge in [-0.15, -0.1) is 11.3 Å². The largest absolute Gasteiger partial charge is 0.337 e. The molecule has 0 unspecified atom stereocenters. The number of hydrogen-bond donors (Lipinski definition) is 1. The van der Waals surface area contributed by atoms with Gasteiger partial charge in [-0.2, -0.15) is 5.26 Å². The van der Waals surface area contributed by atoms with Gasteiger partial charge in [-0.05, 0) is 30.2 Å². The van der Waals surface area contributed by atoms with E-state index < -0.39 is 5.91 Å². The van der Waals surface area contributed by atoms with E-state index in [-0.39, 0.29) is 36.1 Å². The summed E-state index contributed by atoms with van der Waals surface area (Å²) in [6, 6.07) is 8.46. The average Bonchev–Trinajstić information content (AvgIpc) is 3.25. The van der Waals surface area contributed by atoms with Crippen LogP contribution in [0.4, 0.5) is 10.7 Å². The SMILES string of the molecule is CC(=O)N1CCc2c(sc(NC(=O)c3cccc(N4C(=O)CCC4=O)c3)c2C#N)C1. The fourth-order valence-corrected chi connectivity index (χ4v) is 4.91. The van der Waals surface area contributed by atoms with Crippen LogP contribution in [0, 0.1) is 11.3 Å². The predicted molar refractivity (Wildman–Crippen MR) is 110 cm³/mol. The minimum absolute atomic E-state index is 0.0269. The first-order chi connectivity index (χ1) is 14.4. The molecular weight excluding hydrogens is 404 g/mol. The number of nitrogens with zero attached hydrogens (tertiary/aromatic N) is 3. The van der Waals surface area contributed by atoms with E-state index in [1.54, 1.807) is 23.1 Å². The molecule has 4 amide bonds. The molecular formula is C21H18N4O4S. The Kier molecular flexibility index (Phi) is 5.10. The number of anilines is 2. The summed E-state index contributed by atoms with van der Waals surface area (Å²) in [5.74, 6) is -1.04. The van der Waals surface area contributed by atoms with Gasteiger partial charge in [0.2, 0.25) is 17.7 Å². The number of rotatable bonds is 3. The summed E-state index contributed by atoms with van der Waals surface area (Å²) in [7, 11) is 0. The number of imide groups is 1. The zero-order valence-corrected chi connectivity index (χ0v) is 17.0. The van der Waals surface area contributed by atoms with Crippen LogP contribution < -0.4 is 10.2 Å². The molecule has 8 nitrogen and oxygen atoms in total. The Balaban J connectivity index is 1.59. The molecule has 1 saturated heterocycles. The highest BCUT2D eigenvalue weighted by Gasteiger charge is 2.31. The monoisotopic (exact) mass is 422 g/mol. The van der Waals surface area contributed by atoms with E-state index in [4.69, 9.17) is 0 Å². The van der Waals surface area contributed by atoms with Crippen molar-refractivity contribution in [2.24, 2.45) is 0 Å². The summed E-state index contributed by atoms with van der Waals surface area (Å²) in [4.78, 5) is 52.1. The molecule has 4 rings (SSSR count). The van der Waals surface area contributed by atoms with E-state index in [1.807, 2.05) is 0 Å². The summed E-state index contributed by atoms with van der Waals surface area (Å²) in [6.45, 7) is 2.48. The molecule has 0 spiro atoms. The fourth-order valence-electron chi connectivity index (χ4n) is 3.70. The summed E-state index contributed by atoms with van der Waals surface area (Å²) in [5.41, 5.74) is 1.93. The number of nitriles is 1. The molecule has 1 N–H and O–H groups in total. The van der Waals surface area contributed by atoms with E-state index in [0.29, 0.717) is 35.8 Å². The summed E-state index contributed by atoms with van der Waals surface area (Å²) in [5, 5.41) is 12.8. The van der Waals surface area contributed by atoms with Gasteiger partial charge in [0.05, 0.1) is 17.8 Å². The molecule has 0 atom stereocenters. The molecule has 2 aliphatic rings. The number of thiophene rings is 1. The second-order valence-electron chi connectivity index (χ2n) is 7.14. The van der Waals surface area contributed by atoms with E-state index in [1.165, 1.54) is 24.3 Å². The van der Waals surface area contributed by atoms with Crippen molar-refractivity contribution < 1.29 is 19.2 Å². The topological polar surface area (TPSA) is 111 Å². The highest BCUT2D eigenvalue weighted by atomic mass is 32.1. The third-order valence-corrected chi connectivity index (χ3v) is 6.39. The lowest BCUT2D eigenvalue weighted by molar-refractivity contribution is -0.129. The van der Waals surface area contributed by atoms with Gasteiger partial charge < -0.3 is 10.2 Å². The molecule has 2 aliphatic heterocycles. The van der Waals surface area contributed by atoms with E-state index in [9.17, 15) is 24.4 Å². The van der Waals surface area contributed by atoms with Gasteiger partial charge in [-0.25, -0.2) is 0 Å². The Hall–Kier alpha value is -3.51. The van der Waals surface area contributed by atoms with Crippen LogP contribution in [0.15, 0.2) is 24.3 Å². The van der Waals surface area contributed by atoms with Gasteiger partial charge in [0, 0.05) is 36.8 Å². The van der Waals surface area contributed by atoms with Crippen LogP contribution in [0.25, 0.3) is 0 Å². The highest BCUT2D eigenvalue weighted by Crippen LogP contribution is 2.37. The molecule has 2 aromatic rings. The Morgan fingerprint density at radius 2 is 1.90 bits per heavy atom. The zero-order valence-electron chi connectivity index (χ0n) is 16.2. The first-order valence-electron chi connectivity index (χ1n) is 9.46. The summed E-state index contributed by atoms with van der Waals surface area (Å²) in [6.07, 6.45) is 0.899. The van der Waals surface area contributed by atoms with Crippen molar-refractivity contribution in [2.45, 2.75) is 32.7 Å². The van der Waals surface area contributed by atoms with Crippen molar-refractivity contribution in [1.29, 1.82) is 5.26 Å². The zero-order chi connectivity index (χ0) is 21.4. The van der Waals surface area contributed by atoms with Gasteiger partial charge in [-0.3, -0.25) is 24.1 Å². The van der Waals surface area contributed by atoms with Crippen molar-refractivity contribution in [2.75, 3.05) is 16.8 Å². The Morgan fingerprint density at radius 1 is 1.17 bits per heavy atom. The van der Waals surface area contributed by atoms with Crippen molar-refractivity contribution in [1.82, 2.24) is 4.90 Å². The number of hydrogen-bond acceptors (Lipinski definition) is 6. The summed E-state index contributed by atoms with van der Waals surface area (Å²) < 4.78 is 0. The van der Waals surface area contributed by atoms with Crippen LogP contribution in [-0.2, 0) is 27.3 Å². The van der Waals surface area contributed by atoms with Crippen LogP contribution in [0.2, 0.25) is 0 Å². The Bertz CT molecular complexity index is 1110. The molecule has 0 bridgehead atoms. The minimum Gasteiger partial charge on any atom is -0.337 e. The van der Waals surface area contributed by atoms with Crippen molar-refractivity contribution >= 4 is 45.7 Å². The molecule has 152 valence electrons. The lowest BCUT2D eigenvalue weighted by Gasteiger charge is -2.25. The lowest BCUT2D eigenvalue weighted by atomic mass is 10.0. The molecule has 3 heterocycles. The molecule has 1 fully saturated rings. The maximum Gasteiger partial charge on any atom is 0.256 e. The van der Waals surface area contributed by atoms with Gasteiger partial charge >= 0.3 is 0 Å². The van der Waals surface area contributed by atoms with E-state index in [2.05, 4.69) is 11.4 Å². The molecule has 30 heavy (non-hydrogen) atoms. The van der Waals surface area contributed by atoms with Crippen LogP contribution >= 0.6 is 11.3 Å². The fraction of sp³-hybridized carbons (Fsp3) is 0.286. The maximum atomic E-state index is 12.8. The number of nitrogens with one attached hydrogen (secondary N) is 1. The van der Waals surface area contributed by atoms with Crippen LogP contribution in [0.5, 0.6) is 0 Å². The standard InChI is InChI=1S/C21H18N4O4S/c1-12(26)24-8-7-15-16(10-22)21(30-17(15)11-24)23-20(29)13-3-2-4-14(9-13)25-18(27)5-6-19(25)28/h2-4,9H,5-8,11H2,1H3,(H,23,29). The number of carbonyl (C=O) groups is 4. The van der Waals surface area contributed by atoms with Crippen LogP contribution in [0.1, 0.15) is 46.1 Å². The van der Waals surface area contributed by atoms with E-state index >= 15 is 0 Å². The average molecular weight is 422 g/mol. The Labute approximate surface area is 176 Å². The maximum absolute atomic E-state index is 12.8. The van der Waals surface area contributed by atoms with Crippen molar-refractivity contribution in [3.8, 4) is 6.07 Å². The van der Waals surface area contributed by atoms with Crippen molar-refractivity contribution in [3.63, 3.8) is 0 Å². The van der Waals surface area contributed by atoms with Gasteiger partial charge in [-0.1, -0.05) is 6.07 Å². The minimum atomic E-state index is -0.436. The quantitative estimate of drug-likeness (QED) is 0.764. The van der Waals surface area contributed by atoms with E-state index in [0.717, 1.165) is 15.3 Å². The molecule has 0 radical (unpaired) electrons. The highest BCUT2D eigenvalue weighted by molar-refractivity contribution is 7.16. The Morgan fingerprint density at radius 3 is 2.57 bits per heavy atom. The van der Waals surface area contributed by atoms with Crippen molar-refractivity contribution in [3.05, 3.63) is 45.8 Å².